The molecule has 0 saturated heterocycles. The summed E-state index contributed by atoms with van der Waals surface area (Å²) in [7, 11) is 1.73. The molecule has 35 heavy (non-hydrogen) atoms. The fraction of sp³-hybridized carbons (Fsp3) is 0.464. The van der Waals surface area contributed by atoms with Crippen LogP contribution >= 0.6 is 0 Å². The molecule has 0 radical (unpaired) electrons. The van der Waals surface area contributed by atoms with Crippen LogP contribution in [0.5, 0.6) is 0 Å². The van der Waals surface area contributed by atoms with E-state index in [9.17, 15) is 14.4 Å². The monoisotopic (exact) mass is 479 g/mol. The molecule has 2 atom stereocenters. The van der Waals surface area contributed by atoms with Crippen LogP contribution in [0.15, 0.2) is 48.5 Å². The van der Waals surface area contributed by atoms with E-state index in [1.54, 1.807) is 7.05 Å². The van der Waals surface area contributed by atoms with E-state index in [1.807, 2.05) is 31.2 Å². The van der Waals surface area contributed by atoms with Crippen molar-refractivity contribution in [2.24, 2.45) is 0 Å². The minimum absolute atomic E-state index is 0.0142. The molecule has 2 aromatic rings. The number of unbranched alkanes of at least 4 members (excludes halogenated alkanes) is 1. The van der Waals surface area contributed by atoms with Crippen LogP contribution in [0.1, 0.15) is 56.6 Å². The van der Waals surface area contributed by atoms with Crippen LogP contribution in [0.25, 0.3) is 11.1 Å². The molecule has 1 aliphatic rings. The van der Waals surface area contributed by atoms with Gasteiger partial charge in [-0.3, -0.25) is 19.7 Å². The zero-order valence-electron chi connectivity index (χ0n) is 20.9. The molecule has 7 nitrogen and oxygen atoms in total. The first-order chi connectivity index (χ1) is 17.0. The average molecular weight is 480 g/mol. The maximum absolute atomic E-state index is 13.2. The standard InChI is InChI=1S/C28H37N3O4/c1-4-25(27(33)17-29-3)31-26(15-9-10-16-30-19(2)32)28(34)35-18-24-22-13-7-5-11-20(22)21-12-6-8-14-23(21)24/h5-8,11-14,24-26,29,31H,4,9-10,15-18H2,1-3H3,(H,30,32)/t25-,26?/m0/s1. The molecule has 0 spiro atoms. The first-order valence-corrected chi connectivity index (χ1v) is 12.5. The second kappa shape index (κ2) is 13.2. The predicted molar refractivity (Wildman–Crippen MR) is 137 cm³/mol. The third kappa shape index (κ3) is 6.99. The second-order valence-electron chi connectivity index (χ2n) is 9.01. The number of fused-ring (bicyclic) bond motifs is 3. The molecule has 0 fully saturated rings. The number of carbonyl (C=O) groups excluding carboxylic acids is 3. The Morgan fingerprint density at radius 2 is 1.57 bits per heavy atom. The number of benzene rings is 2. The highest BCUT2D eigenvalue weighted by Crippen LogP contribution is 2.44. The number of likely N-dealkylation sites (N-methyl/N-ethyl adjacent to an activating group) is 1. The molecule has 0 bridgehead atoms. The van der Waals surface area contributed by atoms with Crippen LogP contribution in [0, 0.1) is 0 Å². The number of Topliss-reactive ketones (excluding diaryl/α,β-unsaturated/α-hetero) is 1. The van der Waals surface area contributed by atoms with Crippen molar-refractivity contribution >= 4 is 17.7 Å². The molecule has 2 aromatic carbocycles. The van der Waals surface area contributed by atoms with Crippen LogP contribution in [-0.4, -0.2) is 56.5 Å². The molecular formula is C28H37N3O4. The van der Waals surface area contributed by atoms with Gasteiger partial charge in [-0.2, -0.15) is 0 Å². The molecule has 7 heteroatoms. The Hall–Kier alpha value is -3.03. The van der Waals surface area contributed by atoms with Gasteiger partial charge in [-0.15, -0.1) is 0 Å². The molecule has 0 aromatic heterocycles. The summed E-state index contributed by atoms with van der Waals surface area (Å²) < 4.78 is 5.88. The molecule has 1 aliphatic carbocycles. The van der Waals surface area contributed by atoms with Gasteiger partial charge in [0.25, 0.3) is 0 Å². The fourth-order valence-corrected chi connectivity index (χ4v) is 4.69. The number of esters is 1. The molecular weight excluding hydrogens is 442 g/mol. The van der Waals surface area contributed by atoms with Gasteiger partial charge in [0, 0.05) is 19.4 Å². The number of carbonyl (C=O) groups is 3. The molecule has 1 amide bonds. The molecule has 1 unspecified atom stereocenters. The summed E-state index contributed by atoms with van der Waals surface area (Å²) in [5.74, 6) is -0.411. The van der Waals surface area contributed by atoms with Crippen LogP contribution in [0.3, 0.4) is 0 Å². The van der Waals surface area contributed by atoms with Crippen molar-refractivity contribution in [2.45, 2.75) is 57.5 Å². The lowest BCUT2D eigenvalue weighted by Crippen LogP contribution is -2.49. The first-order valence-electron chi connectivity index (χ1n) is 12.5. The average Bonchev–Trinajstić information content (AvgIpc) is 3.18. The van der Waals surface area contributed by atoms with Crippen LogP contribution in [0.4, 0.5) is 0 Å². The zero-order chi connectivity index (χ0) is 25.2. The highest BCUT2D eigenvalue weighted by atomic mass is 16.5. The van der Waals surface area contributed by atoms with Crippen molar-refractivity contribution < 1.29 is 19.1 Å². The largest absolute Gasteiger partial charge is 0.464 e. The summed E-state index contributed by atoms with van der Waals surface area (Å²) >= 11 is 0. The topological polar surface area (TPSA) is 96.5 Å². The molecule has 0 aliphatic heterocycles. The normalized spacial score (nSPS) is 14.0. The lowest BCUT2D eigenvalue weighted by molar-refractivity contribution is -0.147. The second-order valence-corrected chi connectivity index (χ2v) is 9.01. The van der Waals surface area contributed by atoms with E-state index in [2.05, 4.69) is 40.2 Å². The minimum Gasteiger partial charge on any atom is -0.464 e. The quantitative estimate of drug-likeness (QED) is 0.285. The van der Waals surface area contributed by atoms with Crippen LogP contribution in [0.2, 0.25) is 0 Å². The number of rotatable bonds is 14. The molecule has 0 heterocycles. The first kappa shape index (κ1) is 26.6. The third-order valence-electron chi connectivity index (χ3n) is 6.48. The number of ether oxygens (including phenoxy) is 1. The smallest absolute Gasteiger partial charge is 0.323 e. The number of hydrogen-bond acceptors (Lipinski definition) is 6. The lowest BCUT2D eigenvalue weighted by Gasteiger charge is -2.24. The Kier molecular flexibility index (Phi) is 9.99. The van der Waals surface area contributed by atoms with Crippen molar-refractivity contribution in [3.8, 4) is 11.1 Å². The zero-order valence-corrected chi connectivity index (χ0v) is 20.9. The van der Waals surface area contributed by atoms with Crippen LogP contribution < -0.4 is 16.0 Å². The van der Waals surface area contributed by atoms with Gasteiger partial charge in [-0.25, -0.2) is 0 Å². The van der Waals surface area contributed by atoms with E-state index >= 15 is 0 Å². The van der Waals surface area contributed by atoms with Gasteiger partial charge in [0.15, 0.2) is 5.78 Å². The number of ketones is 1. The summed E-state index contributed by atoms with van der Waals surface area (Å²) in [5.41, 5.74) is 4.69. The van der Waals surface area contributed by atoms with Gasteiger partial charge in [-0.05, 0) is 55.0 Å². The molecule has 3 rings (SSSR count). The Morgan fingerprint density at radius 3 is 2.14 bits per heavy atom. The van der Waals surface area contributed by atoms with Crippen molar-refractivity contribution in [3.05, 3.63) is 59.7 Å². The van der Waals surface area contributed by atoms with Gasteiger partial charge in [0.1, 0.15) is 12.6 Å². The van der Waals surface area contributed by atoms with Crippen LogP contribution in [-0.2, 0) is 19.1 Å². The Labute approximate surface area is 208 Å². The number of amides is 1. The van der Waals surface area contributed by atoms with Gasteiger partial charge in [-0.1, -0.05) is 55.5 Å². The summed E-state index contributed by atoms with van der Waals surface area (Å²) in [6.07, 6.45) is 2.58. The van der Waals surface area contributed by atoms with E-state index in [-0.39, 0.29) is 36.7 Å². The fourth-order valence-electron chi connectivity index (χ4n) is 4.69. The van der Waals surface area contributed by atoms with E-state index in [1.165, 1.54) is 18.1 Å². The van der Waals surface area contributed by atoms with Gasteiger partial charge < -0.3 is 15.4 Å². The van der Waals surface area contributed by atoms with Gasteiger partial charge >= 0.3 is 5.97 Å². The van der Waals surface area contributed by atoms with Crippen molar-refractivity contribution in [1.29, 1.82) is 0 Å². The van der Waals surface area contributed by atoms with Gasteiger partial charge in [0.2, 0.25) is 5.91 Å². The number of hydrogen-bond donors (Lipinski definition) is 3. The predicted octanol–water partition coefficient (Wildman–Crippen LogP) is 3.17. The minimum atomic E-state index is -0.593. The van der Waals surface area contributed by atoms with E-state index in [0.29, 0.717) is 19.4 Å². The SMILES string of the molecule is CC[C@H](NC(CCCCNC(C)=O)C(=O)OCC1c2ccccc2-c2ccccc21)C(=O)CNC. The number of nitrogens with one attached hydrogen (secondary N) is 3. The summed E-state index contributed by atoms with van der Waals surface area (Å²) in [6.45, 7) is 4.46. The summed E-state index contributed by atoms with van der Waals surface area (Å²) in [5, 5.41) is 8.92. The van der Waals surface area contributed by atoms with E-state index in [0.717, 1.165) is 24.0 Å². The maximum Gasteiger partial charge on any atom is 0.323 e. The van der Waals surface area contributed by atoms with Crippen molar-refractivity contribution in [3.63, 3.8) is 0 Å². The van der Waals surface area contributed by atoms with E-state index in [4.69, 9.17) is 4.74 Å². The van der Waals surface area contributed by atoms with Crippen molar-refractivity contribution in [1.82, 2.24) is 16.0 Å². The summed E-state index contributed by atoms with van der Waals surface area (Å²) in [4.78, 5) is 36.9. The highest BCUT2D eigenvalue weighted by molar-refractivity contribution is 5.87. The third-order valence-corrected chi connectivity index (χ3v) is 6.48. The van der Waals surface area contributed by atoms with Gasteiger partial charge in [0.05, 0.1) is 12.6 Å². The Bertz CT molecular complexity index is 977. The molecule has 188 valence electrons. The molecule has 3 N–H and O–H groups in total. The molecule has 0 saturated carbocycles. The lowest BCUT2D eigenvalue weighted by atomic mass is 9.98. The Balaban J connectivity index is 1.68. The van der Waals surface area contributed by atoms with Crippen molar-refractivity contribution in [2.75, 3.05) is 26.7 Å². The maximum atomic E-state index is 13.2. The highest BCUT2D eigenvalue weighted by Gasteiger charge is 2.31. The van der Waals surface area contributed by atoms with E-state index < -0.39 is 12.1 Å². The summed E-state index contributed by atoms with van der Waals surface area (Å²) in [6, 6.07) is 15.5. The Morgan fingerprint density at radius 1 is 0.943 bits per heavy atom.